The molecule has 0 aromatic carbocycles. The number of aromatic nitrogens is 1. The van der Waals surface area contributed by atoms with Gasteiger partial charge < -0.3 is 5.11 Å². The predicted molar refractivity (Wildman–Crippen MR) is 77.6 cm³/mol. The van der Waals surface area contributed by atoms with Crippen LogP contribution in [0.15, 0.2) is 23.2 Å². The van der Waals surface area contributed by atoms with E-state index in [9.17, 15) is 13.2 Å². The molecule has 0 bridgehead atoms. The number of carboxylic acid groups (broad SMARTS) is 1. The zero-order chi connectivity index (χ0) is 15.5. The molecule has 2 heterocycles. The summed E-state index contributed by atoms with van der Waals surface area (Å²) in [6.07, 6.45) is 3.51. The highest BCUT2D eigenvalue weighted by atomic mass is 35.5. The van der Waals surface area contributed by atoms with Crippen LogP contribution in [0.4, 0.5) is 0 Å². The normalized spacial score (nSPS) is 17.8. The maximum atomic E-state index is 12.5. The monoisotopic (exact) mass is 332 g/mol. The molecule has 0 amide bonds. The van der Waals surface area contributed by atoms with Crippen molar-refractivity contribution in [2.75, 3.05) is 13.1 Å². The van der Waals surface area contributed by atoms with Gasteiger partial charge in [0, 0.05) is 25.7 Å². The van der Waals surface area contributed by atoms with Crippen LogP contribution in [0.1, 0.15) is 25.7 Å². The largest absolute Gasteiger partial charge is 0.481 e. The highest BCUT2D eigenvalue weighted by Crippen LogP contribution is 2.28. The van der Waals surface area contributed by atoms with Crippen molar-refractivity contribution in [3.8, 4) is 0 Å². The number of aliphatic carboxylic acids is 1. The Morgan fingerprint density at radius 2 is 2.10 bits per heavy atom. The lowest BCUT2D eigenvalue weighted by molar-refractivity contribution is -0.137. The third-order valence-electron chi connectivity index (χ3n) is 3.68. The minimum absolute atomic E-state index is 0.0227. The Morgan fingerprint density at radius 1 is 1.43 bits per heavy atom. The van der Waals surface area contributed by atoms with Crippen LogP contribution < -0.4 is 0 Å². The second-order valence-corrected chi connectivity index (χ2v) is 7.34. The number of carbonyl (C=O) groups is 1. The minimum Gasteiger partial charge on any atom is -0.481 e. The van der Waals surface area contributed by atoms with Crippen molar-refractivity contribution in [3.05, 3.63) is 23.5 Å². The van der Waals surface area contributed by atoms with Crippen molar-refractivity contribution < 1.29 is 18.3 Å². The summed E-state index contributed by atoms with van der Waals surface area (Å²) in [5.74, 6) is -0.552. The van der Waals surface area contributed by atoms with Crippen molar-refractivity contribution in [2.45, 2.75) is 30.6 Å². The summed E-state index contributed by atoms with van der Waals surface area (Å²) in [6, 6.07) is 2.99. The van der Waals surface area contributed by atoms with Gasteiger partial charge in [0.25, 0.3) is 0 Å². The third kappa shape index (κ3) is 3.93. The van der Waals surface area contributed by atoms with E-state index in [-0.39, 0.29) is 22.4 Å². The van der Waals surface area contributed by atoms with Crippen molar-refractivity contribution >= 4 is 27.6 Å². The fourth-order valence-electron chi connectivity index (χ4n) is 2.47. The molecule has 1 aliphatic rings. The van der Waals surface area contributed by atoms with E-state index in [4.69, 9.17) is 16.7 Å². The van der Waals surface area contributed by atoms with Gasteiger partial charge in [-0.1, -0.05) is 11.6 Å². The summed E-state index contributed by atoms with van der Waals surface area (Å²) in [7, 11) is -3.62. The average Bonchev–Trinajstić information content (AvgIpc) is 2.46. The van der Waals surface area contributed by atoms with Gasteiger partial charge in [-0.05, 0) is 37.3 Å². The average molecular weight is 333 g/mol. The van der Waals surface area contributed by atoms with E-state index < -0.39 is 16.0 Å². The molecule has 6 nitrogen and oxygen atoms in total. The molecule has 1 aliphatic heterocycles. The number of hydrogen-bond acceptors (Lipinski definition) is 4. The first-order chi connectivity index (χ1) is 9.91. The van der Waals surface area contributed by atoms with Crippen LogP contribution in [-0.2, 0) is 14.8 Å². The van der Waals surface area contributed by atoms with Crippen LogP contribution in [0.25, 0.3) is 0 Å². The maximum absolute atomic E-state index is 12.5. The number of halogens is 1. The van der Waals surface area contributed by atoms with Gasteiger partial charge in [-0.15, -0.1) is 0 Å². The highest BCUT2D eigenvalue weighted by Gasteiger charge is 2.31. The Bertz CT molecular complexity index is 612. The van der Waals surface area contributed by atoms with Crippen LogP contribution >= 0.6 is 11.6 Å². The van der Waals surface area contributed by atoms with E-state index in [1.165, 1.54) is 16.6 Å². The number of nitrogens with zero attached hydrogens (tertiary/aromatic N) is 2. The molecule has 0 unspecified atom stereocenters. The van der Waals surface area contributed by atoms with Gasteiger partial charge in [-0.25, -0.2) is 13.4 Å². The van der Waals surface area contributed by atoms with Crippen LogP contribution in [0.3, 0.4) is 0 Å². The SMILES string of the molecule is O=C(O)CCC1CCN(S(=O)(=O)c2cccnc2Cl)CC1. The number of rotatable bonds is 5. The lowest BCUT2D eigenvalue weighted by Gasteiger charge is -2.31. The number of piperidine rings is 1. The lowest BCUT2D eigenvalue weighted by Crippen LogP contribution is -2.38. The Hall–Kier alpha value is -1.18. The molecular formula is C13H17ClN2O4S. The summed E-state index contributed by atoms with van der Waals surface area (Å²) in [5.41, 5.74) is 0. The number of hydrogen-bond donors (Lipinski definition) is 1. The van der Waals surface area contributed by atoms with E-state index in [0.29, 0.717) is 32.4 Å². The topological polar surface area (TPSA) is 87.6 Å². The molecular weight excluding hydrogens is 316 g/mol. The minimum atomic E-state index is -3.62. The van der Waals surface area contributed by atoms with Crippen molar-refractivity contribution in [3.63, 3.8) is 0 Å². The highest BCUT2D eigenvalue weighted by molar-refractivity contribution is 7.89. The van der Waals surface area contributed by atoms with Crippen LogP contribution in [0.2, 0.25) is 5.15 Å². The Morgan fingerprint density at radius 3 is 2.67 bits per heavy atom. The molecule has 0 saturated carbocycles. The molecule has 0 atom stereocenters. The predicted octanol–water partition coefficient (Wildman–Crippen LogP) is 2.00. The van der Waals surface area contributed by atoms with E-state index in [2.05, 4.69) is 4.98 Å². The molecule has 0 aliphatic carbocycles. The quantitative estimate of drug-likeness (QED) is 0.833. The second kappa shape index (κ2) is 6.72. The van der Waals surface area contributed by atoms with E-state index >= 15 is 0 Å². The van der Waals surface area contributed by atoms with Gasteiger partial charge in [0.2, 0.25) is 10.0 Å². The van der Waals surface area contributed by atoms with Crippen molar-refractivity contribution in [2.24, 2.45) is 5.92 Å². The molecule has 8 heteroatoms. The molecule has 1 N–H and O–H groups in total. The first-order valence-corrected chi connectivity index (χ1v) is 8.55. The van der Waals surface area contributed by atoms with Crippen LogP contribution in [-0.4, -0.2) is 41.9 Å². The first-order valence-electron chi connectivity index (χ1n) is 6.73. The molecule has 21 heavy (non-hydrogen) atoms. The van der Waals surface area contributed by atoms with E-state index in [1.54, 1.807) is 6.07 Å². The van der Waals surface area contributed by atoms with Gasteiger partial charge in [0.1, 0.15) is 10.0 Å². The van der Waals surface area contributed by atoms with Gasteiger partial charge in [-0.3, -0.25) is 4.79 Å². The molecule has 116 valence electrons. The zero-order valence-electron chi connectivity index (χ0n) is 11.4. The first kappa shape index (κ1) is 16.2. The summed E-state index contributed by atoms with van der Waals surface area (Å²) >= 11 is 5.86. The van der Waals surface area contributed by atoms with Crippen LogP contribution in [0, 0.1) is 5.92 Å². The third-order valence-corrected chi connectivity index (χ3v) is 6.03. The molecule has 0 radical (unpaired) electrons. The maximum Gasteiger partial charge on any atom is 0.303 e. The standard InChI is InChI=1S/C13H17ClN2O4S/c14-13-11(2-1-7-15-13)21(19,20)16-8-5-10(6-9-16)3-4-12(17)18/h1-2,7,10H,3-6,8-9H2,(H,17,18). The molecule has 0 spiro atoms. The van der Waals surface area contributed by atoms with Crippen LogP contribution in [0.5, 0.6) is 0 Å². The fourth-order valence-corrected chi connectivity index (χ4v) is 4.37. The molecule has 1 aromatic rings. The molecule has 1 saturated heterocycles. The molecule has 2 rings (SSSR count). The number of carboxylic acids is 1. The van der Waals surface area contributed by atoms with E-state index in [1.807, 2.05) is 0 Å². The number of sulfonamides is 1. The van der Waals surface area contributed by atoms with Crippen molar-refractivity contribution in [1.82, 2.24) is 9.29 Å². The summed E-state index contributed by atoms with van der Waals surface area (Å²) in [5, 5.41) is 8.65. The zero-order valence-corrected chi connectivity index (χ0v) is 13.0. The molecule has 1 aromatic heterocycles. The van der Waals surface area contributed by atoms with Gasteiger partial charge in [0.15, 0.2) is 0 Å². The Labute approximate surface area is 128 Å². The second-order valence-electron chi connectivity index (χ2n) is 5.07. The summed E-state index contributed by atoms with van der Waals surface area (Å²) in [4.78, 5) is 14.4. The number of pyridine rings is 1. The van der Waals surface area contributed by atoms with Crippen molar-refractivity contribution in [1.29, 1.82) is 0 Å². The van der Waals surface area contributed by atoms with Gasteiger partial charge in [-0.2, -0.15) is 4.31 Å². The Kier molecular flexibility index (Phi) is 5.18. The summed E-state index contributed by atoms with van der Waals surface area (Å²) in [6.45, 7) is 0.773. The molecule has 1 fully saturated rings. The van der Waals surface area contributed by atoms with E-state index in [0.717, 1.165) is 0 Å². The fraction of sp³-hybridized carbons (Fsp3) is 0.538. The lowest BCUT2D eigenvalue weighted by atomic mass is 9.93. The summed E-state index contributed by atoms with van der Waals surface area (Å²) < 4.78 is 26.4. The smallest absolute Gasteiger partial charge is 0.303 e. The van der Waals surface area contributed by atoms with Gasteiger partial charge >= 0.3 is 5.97 Å². The van der Waals surface area contributed by atoms with Gasteiger partial charge in [0.05, 0.1) is 0 Å². The Balaban J connectivity index is 2.01.